The SMILES string of the molecule is CC(C)COc1ccc(NC(=O)N2CC(C)C2)cn1. The number of rotatable bonds is 4. The largest absolute Gasteiger partial charge is 0.477 e. The standard InChI is InChI=1S/C14H21N3O2/c1-10(2)9-19-13-5-4-12(6-15-13)16-14(18)17-7-11(3)8-17/h4-6,10-11H,7-9H2,1-3H3,(H,16,18). The molecule has 0 aliphatic carbocycles. The molecule has 1 saturated heterocycles. The van der Waals surface area contributed by atoms with Crippen molar-refractivity contribution in [2.75, 3.05) is 25.0 Å². The van der Waals surface area contributed by atoms with Gasteiger partial charge in [0, 0.05) is 19.2 Å². The number of nitrogens with one attached hydrogen (secondary N) is 1. The van der Waals surface area contributed by atoms with Crippen LogP contribution in [0.1, 0.15) is 20.8 Å². The summed E-state index contributed by atoms with van der Waals surface area (Å²) >= 11 is 0. The lowest BCUT2D eigenvalue weighted by atomic mass is 10.0. The zero-order valence-corrected chi connectivity index (χ0v) is 11.7. The molecule has 0 bridgehead atoms. The molecule has 2 amide bonds. The maximum absolute atomic E-state index is 11.8. The van der Waals surface area contributed by atoms with Crippen molar-refractivity contribution >= 4 is 11.7 Å². The molecule has 1 fully saturated rings. The van der Waals surface area contributed by atoms with Crippen molar-refractivity contribution < 1.29 is 9.53 Å². The fraction of sp³-hybridized carbons (Fsp3) is 0.571. The van der Waals surface area contributed by atoms with Crippen LogP contribution in [-0.4, -0.2) is 35.6 Å². The van der Waals surface area contributed by atoms with E-state index in [2.05, 4.69) is 31.1 Å². The molecular weight excluding hydrogens is 242 g/mol. The lowest BCUT2D eigenvalue weighted by Gasteiger charge is -2.36. The normalized spacial score (nSPS) is 15.3. The van der Waals surface area contributed by atoms with E-state index in [0.717, 1.165) is 13.1 Å². The van der Waals surface area contributed by atoms with Crippen LogP contribution < -0.4 is 10.1 Å². The Hall–Kier alpha value is -1.78. The van der Waals surface area contributed by atoms with Crippen LogP contribution in [0.3, 0.4) is 0 Å². The van der Waals surface area contributed by atoms with Crippen LogP contribution in [-0.2, 0) is 0 Å². The maximum atomic E-state index is 11.8. The molecule has 104 valence electrons. The van der Waals surface area contributed by atoms with Crippen molar-refractivity contribution in [3.05, 3.63) is 18.3 Å². The van der Waals surface area contributed by atoms with Gasteiger partial charge in [0.2, 0.25) is 5.88 Å². The van der Waals surface area contributed by atoms with Crippen molar-refractivity contribution in [3.63, 3.8) is 0 Å². The first-order valence-corrected chi connectivity index (χ1v) is 6.69. The minimum Gasteiger partial charge on any atom is -0.477 e. The van der Waals surface area contributed by atoms with Gasteiger partial charge in [0.05, 0.1) is 18.5 Å². The van der Waals surface area contributed by atoms with Gasteiger partial charge in [-0.3, -0.25) is 0 Å². The van der Waals surface area contributed by atoms with Crippen LogP contribution in [0.2, 0.25) is 0 Å². The number of likely N-dealkylation sites (tertiary alicyclic amines) is 1. The second-order valence-electron chi connectivity index (χ2n) is 5.53. The third-order valence-electron chi connectivity index (χ3n) is 2.90. The molecule has 2 rings (SSSR count). The lowest BCUT2D eigenvalue weighted by Crippen LogP contribution is -2.50. The van der Waals surface area contributed by atoms with E-state index < -0.39 is 0 Å². The second kappa shape index (κ2) is 5.91. The van der Waals surface area contributed by atoms with E-state index in [4.69, 9.17) is 4.74 Å². The molecule has 0 saturated carbocycles. The number of pyridine rings is 1. The van der Waals surface area contributed by atoms with Crippen molar-refractivity contribution in [2.24, 2.45) is 11.8 Å². The minimum absolute atomic E-state index is 0.0595. The highest BCUT2D eigenvalue weighted by Crippen LogP contribution is 2.17. The summed E-state index contributed by atoms with van der Waals surface area (Å²) in [5.74, 6) is 1.66. The number of anilines is 1. The van der Waals surface area contributed by atoms with E-state index in [0.29, 0.717) is 30.0 Å². The number of hydrogen-bond acceptors (Lipinski definition) is 3. The van der Waals surface area contributed by atoms with Gasteiger partial charge in [-0.2, -0.15) is 0 Å². The average Bonchev–Trinajstić information content (AvgIpc) is 2.34. The molecule has 1 N–H and O–H groups in total. The van der Waals surface area contributed by atoms with Gasteiger partial charge in [-0.05, 0) is 17.9 Å². The first kappa shape index (κ1) is 13.6. The molecule has 0 spiro atoms. The van der Waals surface area contributed by atoms with Crippen molar-refractivity contribution in [2.45, 2.75) is 20.8 Å². The zero-order valence-electron chi connectivity index (χ0n) is 11.7. The zero-order chi connectivity index (χ0) is 13.8. The van der Waals surface area contributed by atoms with E-state index in [1.54, 1.807) is 17.2 Å². The fourth-order valence-electron chi connectivity index (χ4n) is 1.86. The highest BCUT2D eigenvalue weighted by Gasteiger charge is 2.26. The Morgan fingerprint density at radius 2 is 2.26 bits per heavy atom. The van der Waals surface area contributed by atoms with Crippen LogP contribution in [0, 0.1) is 11.8 Å². The number of nitrogens with zero attached hydrogens (tertiary/aromatic N) is 2. The average molecular weight is 263 g/mol. The third kappa shape index (κ3) is 3.84. The van der Waals surface area contributed by atoms with E-state index >= 15 is 0 Å². The van der Waals surface area contributed by atoms with E-state index in [9.17, 15) is 4.79 Å². The topological polar surface area (TPSA) is 54.5 Å². The molecule has 1 aromatic heterocycles. The molecule has 1 aromatic rings. The predicted molar refractivity (Wildman–Crippen MR) is 74.3 cm³/mol. The molecule has 5 heteroatoms. The van der Waals surface area contributed by atoms with Crippen LogP contribution >= 0.6 is 0 Å². The summed E-state index contributed by atoms with van der Waals surface area (Å²) in [6.45, 7) is 8.60. The molecule has 0 atom stereocenters. The van der Waals surface area contributed by atoms with E-state index in [1.165, 1.54) is 0 Å². The Labute approximate surface area is 114 Å². The summed E-state index contributed by atoms with van der Waals surface area (Å²) in [5.41, 5.74) is 0.696. The molecule has 19 heavy (non-hydrogen) atoms. The van der Waals surface area contributed by atoms with Crippen LogP contribution in [0.25, 0.3) is 0 Å². The Balaban J connectivity index is 1.83. The summed E-state index contributed by atoms with van der Waals surface area (Å²) in [6.07, 6.45) is 1.62. The van der Waals surface area contributed by atoms with Crippen LogP contribution in [0.5, 0.6) is 5.88 Å². The molecule has 0 unspecified atom stereocenters. The van der Waals surface area contributed by atoms with Gasteiger partial charge in [-0.15, -0.1) is 0 Å². The number of amides is 2. The quantitative estimate of drug-likeness (QED) is 0.908. The van der Waals surface area contributed by atoms with E-state index in [-0.39, 0.29) is 6.03 Å². The smallest absolute Gasteiger partial charge is 0.321 e. The highest BCUT2D eigenvalue weighted by molar-refractivity contribution is 5.89. The molecule has 0 aromatic carbocycles. The van der Waals surface area contributed by atoms with Gasteiger partial charge in [0.15, 0.2) is 0 Å². The van der Waals surface area contributed by atoms with Gasteiger partial charge in [0.1, 0.15) is 0 Å². The summed E-state index contributed by atoms with van der Waals surface area (Å²) in [4.78, 5) is 17.7. The summed E-state index contributed by atoms with van der Waals surface area (Å²) < 4.78 is 5.49. The molecule has 1 aliphatic rings. The predicted octanol–water partition coefficient (Wildman–Crippen LogP) is 2.60. The molecule has 2 heterocycles. The Morgan fingerprint density at radius 3 is 2.79 bits per heavy atom. The third-order valence-corrected chi connectivity index (χ3v) is 2.90. The second-order valence-corrected chi connectivity index (χ2v) is 5.53. The monoisotopic (exact) mass is 263 g/mol. The first-order valence-electron chi connectivity index (χ1n) is 6.69. The van der Waals surface area contributed by atoms with Gasteiger partial charge in [-0.1, -0.05) is 20.8 Å². The van der Waals surface area contributed by atoms with Crippen LogP contribution in [0.4, 0.5) is 10.5 Å². The van der Waals surface area contributed by atoms with Crippen molar-refractivity contribution in [1.29, 1.82) is 0 Å². The number of ether oxygens (including phenoxy) is 1. The highest BCUT2D eigenvalue weighted by atomic mass is 16.5. The summed E-state index contributed by atoms with van der Waals surface area (Å²) in [5, 5.41) is 2.83. The number of carbonyl (C=O) groups excluding carboxylic acids is 1. The summed E-state index contributed by atoms with van der Waals surface area (Å²) in [7, 11) is 0. The van der Waals surface area contributed by atoms with Crippen molar-refractivity contribution in [1.82, 2.24) is 9.88 Å². The molecule has 5 nitrogen and oxygen atoms in total. The maximum Gasteiger partial charge on any atom is 0.321 e. The van der Waals surface area contributed by atoms with Gasteiger partial charge < -0.3 is 15.0 Å². The molecule has 0 radical (unpaired) electrons. The van der Waals surface area contributed by atoms with Crippen LogP contribution in [0.15, 0.2) is 18.3 Å². The van der Waals surface area contributed by atoms with E-state index in [1.807, 2.05) is 6.07 Å². The minimum atomic E-state index is -0.0595. The van der Waals surface area contributed by atoms with Gasteiger partial charge in [0.25, 0.3) is 0 Å². The first-order chi connectivity index (χ1) is 9.04. The molecular formula is C14H21N3O2. The van der Waals surface area contributed by atoms with Crippen molar-refractivity contribution in [3.8, 4) is 5.88 Å². The number of aromatic nitrogens is 1. The number of carbonyl (C=O) groups is 1. The fourth-order valence-corrected chi connectivity index (χ4v) is 1.86. The Bertz CT molecular complexity index is 425. The lowest BCUT2D eigenvalue weighted by molar-refractivity contribution is 0.141. The van der Waals surface area contributed by atoms with Gasteiger partial charge >= 0.3 is 6.03 Å². The Kier molecular flexibility index (Phi) is 4.24. The molecule has 1 aliphatic heterocycles. The Morgan fingerprint density at radius 1 is 1.53 bits per heavy atom. The van der Waals surface area contributed by atoms with Gasteiger partial charge in [-0.25, -0.2) is 9.78 Å². The number of urea groups is 1. The summed E-state index contributed by atoms with van der Waals surface area (Å²) in [6, 6.07) is 3.52. The number of hydrogen-bond donors (Lipinski definition) is 1.